The van der Waals surface area contributed by atoms with Crippen molar-refractivity contribution in [1.82, 2.24) is 0 Å². The van der Waals surface area contributed by atoms with Crippen molar-refractivity contribution in [2.45, 2.75) is 206 Å². The second-order valence-electron chi connectivity index (χ2n) is 15.9. The summed E-state index contributed by atoms with van der Waals surface area (Å²) in [5, 5.41) is 8.91. The molecule has 0 saturated carbocycles. The van der Waals surface area contributed by atoms with Crippen LogP contribution in [0.3, 0.4) is 0 Å². The minimum atomic E-state index is -4.63. The van der Waals surface area contributed by atoms with Crippen LogP contribution in [0, 0.1) is 0 Å². The summed E-state index contributed by atoms with van der Waals surface area (Å²) in [7, 11) is -4.63. The molecular weight excluding hydrogens is 790 g/mol. The van der Waals surface area contributed by atoms with Gasteiger partial charge in [0.25, 0.3) is 0 Å². The molecule has 0 aliphatic carbocycles. The smallest absolute Gasteiger partial charge is 0.472 e. The Labute approximate surface area is 372 Å². The van der Waals surface area contributed by atoms with Gasteiger partial charge in [-0.2, -0.15) is 0 Å². The van der Waals surface area contributed by atoms with E-state index in [1.807, 2.05) is 0 Å². The summed E-state index contributed by atoms with van der Waals surface area (Å²) >= 11 is 0. The standard InChI is InChI=1S/C50H88NO9P/c1-3-5-7-9-11-13-15-17-19-21-22-23-24-25-26-27-28-30-32-34-36-38-40-42-49(52)60-47(45-58-61(55,56)59-46-48(51)50(53)54)44-57-43-41-39-37-35-33-31-29-20-18-16-14-12-10-8-6-4-2/h5,7,11,13,17,19,22-23,25-26,28,30,47-48H,3-4,6,8-10,12,14-16,18,20-21,24,27,29,31-46,51H2,1-2H3,(H,53,54)(H,55,56)/b7-5-,13-11-,19-17-,23-22-,26-25-,30-28-. The second-order valence-corrected chi connectivity index (χ2v) is 17.3. The average molecular weight is 878 g/mol. The van der Waals surface area contributed by atoms with Gasteiger partial charge in [0.05, 0.1) is 19.8 Å². The molecule has 0 bridgehead atoms. The molecular formula is C50H88NO9P. The number of aliphatic carboxylic acids is 1. The highest BCUT2D eigenvalue weighted by Crippen LogP contribution is 2.43. The van der Waals surface area contributed by atoms with Crippen LogP contribution in [0.4, 0.5) is 0 Å². The molecule has 0 fully saturated rings. The molecule has 0 amide bonds. The molecule has 0 heterocycles. The Balaban J connectivity index is 4.25. The number of ether oxygens (including phenoxy) is 2. The number of carboxylic acid groups (broad SMARTS) is 1. The first-order valence-corrected chi connectivity index (χ1v) is 25.5. The van der Waals surface area contributed by atoms with Gasteiger partial charge in [0, 0.05) is 13.0 Å². The number of phosphoric acid groups is 1. The molecule has 0 aliphatic heterocycles. The summed E-state index contributed by atoms with van der Waals surface area (Å²) in [6, 6.07) is -1.48. The van der Waals surface area contributed by atoms with Gasteiger partial charge in [-0.3, -0.25) is 18.6 Å². The normalized spacial score (nSPS) is 14.4. The zero-order valence-corrected chi connectivity index (χ0v) is 39.4. The number of carbonyl (C=O) groups is 2. The Bertz CT molecular complexity index is 1250. The number of allylic oxidation sites excluding steroid dienone is 12. The van der Waals surface area contributed by atoms with Crippen molar-refractivity contribution in [3.05, 3.63) is 72.9 Å². The fraction of sp³-hybridized carbons (Fsp3) is 0.720. The molecule has 0 saturated heterocycles. The van der Waals surface area contributed by atoms with Crippen LogP contribution in [-0.4, -0.2) is 60.5 Å². The Morgan fingerprint density at radius 3 is 1.43 bits per heavy atom. The van der Waals surface area contributed by atoms with E-state index in [4.69, 9.17) is 29.4 Å². The predicted molar refractivity (Wildman–Crippen MR) is 254 cm³/mol. The van der Waals surface area contributed by atoms with Crippen LogP contribution in [0.25, 0.3) is 0 Å². The minimum absolute atomic E-state index is 0.00504. The third kappa shape index (κ3) is 45.3. The molecule has 0 spiro atoms. The van der Waals surface area contributed by atoms with E-state index in [0.717, 1.165) is 83.5 Å². The number of esters is 1. The van der Waals surface area contributed by atoms with Gasteiger partial charge in [-0.15, -0.1) is 0 Å². The van der Waals surface area contributed by atoms with Crippen molar-refractivity contribution < 1.29 is 42.7 Å². The lowest BCUT2D eigenvalue weighted by Crippen LogP contribution is -2.34. The molecule has 0 radical (unpaired) electrons. The number of nitrogens with two attached hydrogens (primary N) is 1. The van der Waals surface area contributed by atoms with Crippen molar-refractivity contribution in [3.63, 3.8) is 0 Å². The molecule has 3 unspecified atom stereocenters. The third-order valence-electron chi connectivity index (χ3n) is 10.0. The van der Waals surface area contributed by atoms with E-state index >= 15 is 0 Å². The lowest BCUT2D eigenvalue weighted by atomic mass is 10.0. The van der Waals surface area contributed by atoms with E-state index < -0.39 is 45.1 Å². The Kier molecular flexibility index (Phi) is 43.5. The zero-order valence-electron chi connectivity index (χ0n) is 38.5. The largest absolute Gasteiger partial charge is 0.480 e. The van der Waals surface area contributed by atoms with Crippen LogP contribution >= 0.6 is 7.82 Å². The van der Waals surface area contributed by atoms with E-state index in [9.17, 15) is 19.0 Å². The molecule has 3 atom stereocenters. The van der Waals surface area contributed by atoms with Gasteiger partial charge >= 0.3 is 19.8 Å². The van der Waals surface area contributed by atoms with Crippen LogP contribution < -0.4 is 5.73 Å². The van der Waals surface area contributed by atoms with E-state index in [1.54, 1.807) is 0 Å². The van der Waals surface area contributed by atoms with Gasteiger partial charge in [0.15, 0.2) is 0 Å². The molecule has 0 aromatic heterocycles. The Morgan fingerprint density at radius 2 is 0.951 bits per heavy atom. The van der Waals surface area contributed by atoms with E-state index in [0.29, 0.717) is 13.0 Å². The van der Waals surface area contributed by atoms with E-state index in [-0.39, 0.29) is 13.0 Å². The predicted octanol–water partition coefficient (Wildman–Crippen LogP) is 13.8. The van der Waals surface area contributed by atoms with Crippen molar-refractivity contribution in [2.75, 3.05) is 26.4 Å². The SMILES string of the molecule is CC/C=C\C/C=C\C/C=C\C/C=C\C/C=C\C/C=C\CCCCCCC(=O)OC(COCCCCCCCCCCCCCCCCCC)COP(=O)(O)OCC(N)C(=O)O. The van der Waals surface area contributed by atoms with Crippen LogP contribution in [0.15, 0.2) is 72.9 Å². The van der Waals surface area contributed by atoms with Gasteiger partial charge in [-0.1, -0.05) is 196 Å². The molecule has 61 heavy (non-hydrogen) atoms. The highest BCUT2D eigenvalue weighted by Gasteiger charge is 2.27. The first-order valence-electron chi connectivity index (χ1n) is 24.0. The summed E-state index contributed by atoms with van der Waals surface area (Å²) < 4.78 is 33.4. The topological polar surface area (TPSA) is 155 Å². The van der Waals surface area contributed by atoms with Crippen molar-refractivity contribution in [3.8, 4) is 0 Å². The fourth-order valence-corrected chi connectivity index (χ4v) is 7.09. The highest BCUT2D eigenvalue weighted by molar-refractivity contribution is 7.47. The molecule has 11 heteroatoms. The van der Waals surface area contributed by atoms with Gasteiger partial charge < -0.3 is 25.2 Å². The molecule has 0 aliphatic rings. The number of carbonyl (C=O) groups excluding carboxylic acids is 1. The Hall–Kier alpha value is -2.59. The molecule has 4 N–H and O–H groups in total. The lowest BCUT2D eigenvalue weighted by Gasteiger charge is -2.20. The van der Waals surface area contributed by atoms with Gasteiger partial charge in [-0.05, 0) is 64.2 Å². The van der Waals surface area contributed by atoms with Crippen molar-refractivity contribution in [2.24, 2.45) is 5.73 Å². The number of rotatable bonds is 45. The van der Waals surface area contributed by atoms with Gasteiger partial charge in [-0.25, -0.2) is 4.57 Å². The van der Waals surface area contributed by atoms with Crippen molar-refractivity contribution >= 4 is 19.8 Å². The lowest BCUT2D eigenvalue weighted by molar-refractivity contribution is -0.154. The number of unbranched alkanes of at least 4 members (excludes halogenated alkanes) is 19. The molecule has 352 valence electrons. The number of carboxylic acids is 1. The first-order chi connectivity index (χ1) is 29.7. The number of phosphoric ester groups is 1. The van der Waals surface area contributed by atoms with Crippen LogP contribution in [-0.2, 0) is 32.7 Å². The van der Waals surface area contributed by atoms with Crippen LogP contribution in [0.2, 0.25) is 0 Å². The summed E-state index contributed by atoms with van der Waals surface area (Å²) in [6.07, 6.45) is 56.6. The zero-order chi connectivity index (χ0) is 44.8. The summed E-state index contributed by atoms with van der Waals surface area (Å²) in [5.41, 5.74) is 5.36. The molecule has 10 nitrogen and oxygen atoms in total. The fourth-order valence-electron chi connectivity index (χ4n) is 6.31. The monoisotopic (exact) mass is 878 g/mol. The van der Waals surface area contributed by atoms with E-state index in [2.05, 4.69) is 86.8 Å². The summed E-state index contributed by atoms with van der Waals surface area (Å²) in [4.78, 5) is 33.6. The molecule has 0 aromatic rings. The molecule has 0 aromatic carbocycles. The van der Waals surface area contributed by atoms with E-state index in [1.165, 1.54) is 83.5 Å². The van der Waals surface area contributed by atoms with Crippen molar-refractivity contribution in [1.29, 1.82) is 0 Å². The maximum Gasteiger partial charge on any atom is 0.472 e. The number of hydrogen-bond acceptors (Lipinski definition) is 8. The summed E-state index contributed by atoms with van der Waals surface area (Å²) in [6.45, 7) is 3.75. The van der Waals surface area contributed by atoms with Gasteiger partial charge in [0.1, 0.15) is 12.1 Å². The highest BCUT2D eigenvalue weighted by atomic mass is 31.2. The van der Waals surface area contributed by atoms with Crippen LogP contribution in [0.1, 0.15) is 194 Å². The third-order valence-corrected chi connectivity index (χ3v) is 11.0. The maximum atomic E-state index is 12.7. The minimum Gasteiger partial charge on any atom is -0.480 e. The summed E-state index contributed by atoms with van der Waals surface area (Å²) in [5.74, 6) is -1.80. The average Bonchev–Trinajstić information content (AvgIpc) is 3.24. The second kappa shape index (κ2) is 45.4. The quantitative estimate of drug-likeness (QED) is 0.0233. The van der Waals surface area contributed by atoms with Crippen LogP contribution in [0.5, 0.6) is 0 Å². The maximum absolute atomic E-state index is 12.7. The first kappa shape index (κ1) is 58.4. The Morgan fingerprint density at radius 1 is 0.541 bits per heavy atom. The number of hydrogen-bond donors (Lipinski definition) is 3. The molecule has 0 rings (SSSR count). The van der Waals surface area contributed by atoms with Gasteiger partial charge in [0.2, 0.25) is 0 Å².